The molecule has 6 nitrogen and oxygen atoms in total. The Hall–Kier alpha value is -1.56. The van der Waals surface area contributed by atoms with Gasteiger partial charge in [0.2, 0.25) is 0 Å². The number of carbonyl (C=O) groups is 2. The smallest absolute Gasteiger partial charge is 0.407 e. The molecule has 0 saturated heterocycles. The molecule has 0 rings (SSSR count). The quantitative estimate of drug-likeness (QED) is 0.633. The van der Waals surface area contributed by atoms with Crippen LogP contribution in [0.25, 0.3) is 0 Å². The Labute approximate surface area is 108 Å². The molecular formula is C12H23NO5. The first-order valence-electron chi connectivity index (χ1n) is 5.77. The lowest BCUT2D eigenvalue weighted by Crippen LogP contribution is -2.36. The molecule has 1 atom stereocenters. The Morgan fingerprint density at radius 3 is 2.00 bits per heavy atom. The van der Waals surface area contributed by atoms with Gasteiger partial charge in [0.25, 0.3) is 0 Å². The van der Waals surface area contributed by atoms with Gasteiger partial charge in [-0.2, -0.15) is 0 Å². The van der Waals surface area contributed by atoms with Crippen LogP contribution in [-0.4, -0.2) is 51.5 Å². The number of hydrogen-bond donors (Lipinski definition) is 3. The topological polar surface area (TPSA) is 98.1 Å². The maximum Gasteiger partial charge on any atom is 0.407 e. The van der Waals surface area contributed by atoms with Crippen LogP contribution in [-0.2, 0) is 4.79 Å². The highest BCUT2D eigenvalue weighted by Gasteiger charge is 2.12. The minimum Gasteiger partial charge on any atom is -0.478 e. The first kappa shape index (κ1) is 18.8. The molecule has 6 heteroatoms. The number of hydrogen-bond acceptors (Lipinski definition) is 3. The third-order valence-corrected chi connectivity index (χ3v) is 1.90. The minimum absolute atomic E-state index is 0.176. The van der Waals surface area contributed by atoms with E-state index in [0.717, 1.165) is 12.8 Å². The molecule has 106 valence electrons. The third-order valence-electron chi connectivity index (χ3n) is 1.90. The predicted molar refractivity (Wildman–Crippen MR) is 68.6 cm³/mol. The monoisotopic (exact) mass is 261 g/mol. The van der Waals surface area contributed by atoms with Crippen molar-refractivity contribution in [1.82, 2.24) is 4.90 Å². The largest absolute Gasteiger partial charge is 0.478 e. The summed E-state index contributed by atoms with van der Waals surface area (Å²) in [5.41, 5.74) is 0.176. The molecule has 0 radical (unpaired) electrons. The summed E-state index contributed by atoms with van der Waals surface area (Å²) in [6, 6.07) is 0. The molecule has 0 bridgehead atoms. The van der Waals surface area contributed by atoms with E-state index in [2.05, 4.69) is 6.58 Å². The van der Waals surface area contributed by atoms with Gasteiger partial charge in [0.05, 0.1) is 6.10 Å². The van der Waals surface area contributed by atoms with E-state index in [9.17, 15) is 9.59 Å². The van der Waals surface area contributed by atoms with Crippen LogP contribution in [0.2, 0.25) is 0 Å². The molecule has 0 aromatic carbocycles. The van der Waals surface area contributed by atoms with Gasteiger partial charge in [0, 0.05) is 18.7 Å². The van der Waals surface area contributed by atoms with E-state index in [1.807, 2.05) is 6.92 Å². The molecule has 0 spiro atoms. The average molecular weight is 261 g/mol. The number of aliphatic carboxylic acids is 1. The lowest BCUT2D eigenvalue weighted by atomic mass is 10.3. The van der Waals surface area contributed by atoms with E-state index in [1.165, 1.54) is 11.8 Å². The lowest BCUT2D eigenvalue weighted by Gasteiger charge is -2.19. The molecule has 0 heterocycles. The molecule has 0 aliphatic heterocycles. The average Bonchev–Trinajstić information content (AvgIpc) is 2.24. The summed E-state index contributed by atoms with van der Waals surface area (Å²) in [6.07, 6.45) is 0.269. The van der Waals surface area contributed by atoms with Gasteiger partial charge in [-0.1, -0.05) is 19.9 Å². The van der Waals surface area contributed by atoms with Gasteiger partial charge >= 0.3 is 12.1 Å². The van der Waals surface area contributed by atoms with Gasteiger partial charge in [-0.25, -0.2) is 9.59 Å². The second-order valence-corrected chi connectivity index (χ2v) is 4.02. The molecule has 0 saturated carbocycles. The Morgan fingerprint density at radius 2 is 1.78 bits per heavy atom. The van der Waals surface area contributed by atoms with Crippen molar-refractivity contribution < 1.29 is 24.9 Å². The van der Waals surface area contributed by atoms with E-state index in [4.69, 9.17) is 15.3 Å². The molecule has 18 heavy (non-hydrogen) atoms. The predicted octanol–water partition coefficient (Wildman–Crippen LogP) is 1.79. The number of aliphatic hydroxyl groups is 1. The summed E-state index contributed by atoms with van der Waals surface area (Å²) in [5, 5.41) is 25.5. The van der Waals surface area contributed by atoms with Crippen molar-refractivity contribution in [2.75, 3.05) is 13.1 Å². The third kappa shape index (κ3) is 12.5. The molecule has 1 unspecified atom stereocenters. The van der Waals surface area contributed by atoms with Crippen molar-refractivity contribution in [3.8, 4) is 0 Å². The number of carboxylic acid groups (broad SMARTS) is 2. The number of nitrogens with zero attached hydrogens (tertiary/aromatic N) is 1. The Morgan fingerprint density at radius 1 is 1.33 bits per heavy atom. The summed E-state index contributed by atoms with van der Waals surface area (Å²) in [6.45, 7) is 8.90. The molecule has 0 aromatic rings. The molecule has 0 aromatic heterocycles. The van der Waals surface area contributed by atoms with Crippen LogP contribution >= 0.6 is 0 Å². The van der Waals surface area contributed by atoms with Crippen molar-refractivity contribution in [2.24, 2.45) is 0 Å². The van der Waals surface area contributed by atoms with E-state index in [0.29, 0.717) is 6.54 Å². The van der Waals surface area contributed by atoms with E-state index < -0.39 is 18.2 Å². The fourth-order valence-electron chi connectivity index (χ4n) is 0.933. The second kappa shape index (κ2) is 10.6. The van der Waals surface area contributed by atoms with Crippen LogP contribution in [0.5, 0.6) is 0 Å². The number of rotatable bonds is 6. The van der Waals surface area contributed by atoms with Gasteiger partial charge in [-0.15, -0.1) is 0 Å². The van der Waals surface area contributed by atoms with Crippen LogP contribution in [0.3, 0.4) is 0 Å². The number of carboxylic acids is 1. The Kier molecular flexibility index (Phi) is 11.1. The summed E-state index contributed by atoms with van der Waals surface area (Å²) in [5.74, 6) is -0.935. The van der Waals surface area contributed by atoms with Crippen LogP contribution < -0.4 is 0 Å². The maximum absolute atomic E-state index is 10.6. The molecule has 0 fully saturated rings. The van der Waals surface area contributed by atoms with E-state index in [1.54, 1.807) is 6.92 Å². The Balaban J connectivity index is 0. The van der Waals surface area contributed by atoms with Gasteiger partial charge in [-0.3, -0.25) is 0 Å². The second-order valence-electron chi connectivity index (χ2n) is 4.02. The number of aliphatic hydroxyl groups excluding tert-OH is 1. The molecule has 3 N–H and O–H groups in total. The Bertz CT molecular complexity index is 264. The summed E-state index contributed by atoms with van der Waals surface area (Å²) in [4.78, 5) is 21.4. The first-order valence-corrected chi connectivity index (χ1v) is 5.77. The fraction of sp³-hybridized carbons (Fsp3) is 0.667. The van der Waals surface area contributed by atoms with Gasteiger partial charge in [-0.05, 0) is 20.3 Å². The molecule has 0 aliphatic carbocycles. The molecule has 0 aliphatic rings. The van der Waals surface area contributed by atoms with Gasteiger partial charge in [0.1, 0.15) is 0 Å². The van der Waals surface area contributed by atoms with Crippen LogP contribution in [0.15, 0.2) is 12.2 Å². The first-order chi connectivity index (χ1) is 8.22. The number of amides is 1. The van der Waals surface area contributed by atoms with Gasteiger partial charge in [0.15, 0.2) is 0 Å². The van der Waals surface area contributed by atoms with Crippen molar-refractivity contribution in [3.63, 3.8) is 0 Å². The zero-order chi connectivity index (χ0) is 14.7. The minimum atomic E-state index is -0.954. The van der Waals surface area contributed by atoms with Gasteiger partial charge < -0.3 is 20.2 Å². The zero-order valence-corrected chi connectivity index (χ0v) is 11.2. The normalized spacial score (nSPS) is 10.9. The maximum atomic E-state index is 10.6. The van der Waals surface area contributed by atoms with E-state index in [-0.39, 0.29) is 12.1 Å². The summed E-state index contributed by atoms with van der Waals surface area (Å²) in [7, 11) is 0. The van der Waals surface area contributed by atoms with E-state index >= 15 is 0 Å². The lowest BCUT2D eigenvalue weighted by molar-refractivity contribution is -0.132. The summed E-state index contributed by atoms with van der Waals surface area (Å²) >= 11 is 0. The standard InChI is InChI=1S/C8H17NO3.C4H6O2/c1-3-4-5-9(8(11)12)6-7(2)10;1-3(2)4(5)6/h7,10H,3-6H2,1-2H3,(H,11,12);1H2,2H3,(H,5,6). The van der Waals surface area contributed by atoms with Crippen molar-refractivity contribution in [3.05, 3.63) is 12.2 Å². The van der Waals surface area contributed by atoms with Crippen LogP contribution in [0.1, 0.15) is 33.6 Å². The highest BCUT2D eigenvalue weighted by atomic mass is 16.4. The molecular weight excluding hydrogens is 238 g/mol. The fourth-order valence-corrected chi connectivity index (χ4v) is 0.933. The number of unbranched alkanes of at least 4 members (excludes halogenated alkanes) is 1. The van der Waals surface area contributed by atoms with Crippen LogP contribution in [0, 0.1) is 0 Å². The van der Waals surface area contributed by atoms with Crippen molar-refractivity contribution in [2.45, 2.75) is 39.7 Å². The highest BCUT2D eigenvalue weighted by Crippen LogP contribution is 1.97. The van der Waals surface area contributed by atoms with Crippen molar-refractivity contribution >= 4 is 12.1 Å². The summed E-state index contributed by atoms with van der Waals surface area (Å²) < 4.78 is 0. The van der Waals surface area contributed by atoms with Crippen LogP contribution in [0.4, 0.5) is 4.79 Å². The zero-order valence-electron chi connectivity index (χ0n) is 11.2. The highest BCUT2D eigenvalue weighted by molar-refractivity contribution is 5.84. The SMILES string of the molecule is C=C(C)C(=O)O.CCCCN(CC(C)O)C(=O)O. The molecule has 1 amide bonds. The van der Waals surface area contributed by atoms with Crippen molar-refractivity contribution in [1.29, 1.82) is 0 Å².